The summed E-state index contributed by atoms with van der Waals surface area (Å²) in [6.07, 6.45) is 1.38. The van der Waals surface area contributed by atoms with Crippen LogP contribution in [0.4, 0.5) is 4.79 Å². The van der Waals surface area contributed by atoms with Gasteiger partial charge < -0.3 is 15.6 Å². The van der Waals surface area contributed by atoms with Crippen molar-refractivity contribution in [3.8, 4) is 11.3 Å². The van der Waals surface area contributed by atoms with Gasteiger partial charge in [-0.2, -0.15) is 0 Å². The van der Waals surface area contributed by atoms with Crippen LogP contribution in [0, 0.1) is 0 Å². The first kappa shape index (κ1) is 17.5. The molecule has 1 amide bonds. The van der Waals surface area contributed by atoms with Crippen LogP contribution in [0.2, 0.25) is 0 Å². The van der Waals surface area contributed by atoms with Crippen LogP contribution < -0.4 is 11.3 Å². The second-order valence-corrected chi connectivity index (χ2v) is 7.12. The number of fused-ring (bicyclic) bond motifs is 1. The van der Waals surface area contributed by atoms with E-state index in [0.29, 0.717) is 11.3 Å². The number of piperazine rings is 1. The normalized spacial score (nSPS) is 16.0. The summed E-state index contributed by atoms with van der Waals surface area (Å²) >= 11 is 0. The number of benzene rings is 1. The van der Waals surface area contributed by atoms with Crippen LogP contribution in [-0.2, 0) is 6.54 Å². The quantitative estimate of drug-likeness (QED) is 0.739. The van der Waals surface area contributed by atoms with Gasteiger partial charge in [0.05, 0.1) is 11.3 Å². The van der Waals surface area contributed by atoms with Crippen LogP contribution in [-0.4, -0.2) is 58.6 Å². The fourth-order valence-corrected chi connectivity index (χ4v) is 3.56. The van der Waals surface area contributed by atoms with Gasteiger partial charge in [0.1, 0.15) is 0 Å². The van der Waals surface area contributed by atoms with Crippen molar-refractivity contribution < 1.29 is 4.79 Å². The predicted molar refractivity (Wildman–Crippen MR) is 106 cm³/mol. The highest BCUT2D eigenvalue weighted by Crippen LogP contribution is 2.23. The van der Waals surface area contributed by atoms with Gasteiger partial charge in [-0.25, -0.2) is 9.36 Å². The molecule has 1 saturated heterocycles. The number of H-pyrrole nitrogens is 1. The van der Waals surface area contributed by atoms with Crippen LogP contribution >= 0.6 is 0 Å². The van der Waals surface area contributed by atoms with Crippen molar-refractivity contribution in [1.29, 1.82) is 0 Å². The molecule has 0 unspecified atom stereocenters. The average Bonchev–Trinajstić information content (AvgIpc) is 3.06. The largest absolute Gasteiger partial charge is 0.354 e. The van der Waals surface area contributed by atoms with Gasteiger partial charge in [0.15, 0.2) is 0 Å². The number of nitrogens with two attached hydrogens (primary N) is 1. The number of amides is 1. The third kappa shape index (κ3) is 3.51. The number of hydrogen-bond donors (Lipinski definition) is 2. The maximum atomic E-state index is 12.5. The minimum Gasteiger partial charge on any atom is -0.354 e. The Balaban J connectivity index is 1.63. The first-order valence-electron chi connectivity index (χ1n) is 9.05. The van der Waals surface area contributed by atoms with Crippen molar-refractivity contribution in [3.63, 3.8) is 0 Å². The zero-order chi connectivity index (χ0) is 19.0. The molecule has 4 rings (SSSR count). The molecular formula is C20H23N5O2. The number of aromatic nitrogens is 2. The van der Waals surface area contributed by atoms with Crippen molar-refractivity contribution in [2.45, 2.75) is 6.54 Å². The fourth-order valence-electron chi connectivity index (χ4n) is 3.56. The summed E-state index contributed by atoms with van der Waals surface area (Å²) in [6.45, 7) is 5.25. The second kappa shape index (κ2) is 7.02. The Morgan fingerprint density at radius 1 is 1.15 bits per heavy atom. The maximum absolute atomic E-state index is 12.5. The molecule has 3 aromatic rings. The first-order valence-corrected chi connectivity index (χ1v) is 9.05. The summed E-state index contributed by atoms with van der Waals surface area (Å²) in [6, 6.07) is 10.8. The van der Waals surface area contributed by atoms with Gasteiger partial charge in [0.25, 0.3) is 5.56 Å². The second-order valence-electron chi connectivity index (χ2n) is 7.12. The highest BCUT2D eigenvalue weighted by Gasteiger charge is 2.15. The Hall–Kier alpha value is -2.90. The van der Waals surface area contributed by atoms with Crippen LogP contribution in [0.25, 0.3) is 22.2 Å². The van der Waals surface area contributed by atoms with Gasteiger partial charge >= 0.3 is 6.03 Å². The molecule has 27 heavy (non-hydrogen) atoms. The molecule has 1 aromatic carbocycles. The fraction of sp³-hybridized carbons (Fsp3) is 0.300. The minimum atomic E-state index is -0.785. The van der Waals surface area contributed by atoms with Crippen LogP contribution in [0.15, 0.2) is 47.4 Å². The molecule has 3 N–H and O–H groups in total. The van der Waals surface area contributed by atoms with E-state index in [2.05, 4.69) is 34.0 Å². The molecule has 7 nitrogen and oxygen atoms in total. The van der Waals surface area contributed by atoms with E-state index >= 15 is 0 Å². The third-order valence-corrected chi connectivity index (χ3v) is 5.16. The molecule has 0 spiro atoms. The molecule has 0 radical (unpaired) electrons. The van der Waals surface area contributed by atoms with Crippen LogP contribution in [0.3, 0.4) is 0 Å². The summed E-state index contributed by atoms with van der Waals surface area (Å²) < 4.78 is 0.916. The van der Waals surface area contributed by atoms with Crippen molar-refractivity contribution in [1.82, 2.24) is 19.4 Å². The van der Waals surface area contributed by atoms with Gasteiger partial charge in [0, 0.05) is 49.8 Å². The molecule has 0 saturated carbocycles. The van der Waals surface area contributed by atoms with Gasteiger partial charge in [-0.3, -0.25) is 9.69 Å². The van der Waals surface area contributed by atoms with E-state index in [1.807, 2.05) is 12.1 Å². The number of carbonyl (C=O) groups excluding carboxylic acids is 1. The lowest BCUT2D eigenvalue weighted by molar-refractivity contribution is 0.148. The van der Waals surface area contributed by atoms with Gasteiger partial charge in [-0.05, 0) is 42.9 Å². The average molecular weight is 365 g/mol. The zero-order valence-electron chi connectivity index (χ0n) is 15.3. The summed E-state index contributed by atoms with van der Waals surface area (Å²) in [5.74, 6) is 0. The number of nitrogens with one attached hydrogen (secondary N) is 1. The molecule has 2 aromatic heterocycles. The predicted octanol–water partition coefficient (Wildman–Crippen LogP) is 1.67. The SMILES string of the molecule is CN1CCN(Cc2ccc3[nH]c(-c4cccn(C(N)=O)c4=O)cc3c2)CC1. The lowest BCUT2D eigenvalue weighted by Crippen LogP contribution is -2.43. The van der Waals surface area contributed by atoms with E-state index in [0.717, 1.165) is 48.2 Å². The summed E-state index contributed by atoms with van der Waals surface area (Å²) in [5.41, 5.74) is 8.15. The molecule has 0 aliphatic carbocycles. The van der Waals surface area contributed by atoms with Crippen molar-refractivity contribution in [2.75, 3.05) is 33.2 Å². The molecule has 3 heterocycles. The van der Waals surface area contributed by atoms with E-state index < -0.39 is 11.6 Å². The van der Waals surface area contributed by atoms with Crippen molar-refractivity contribution in [2.24, 2.45) is 5.73 Å². The van der Waals surface area contributed by atoms with E-state index in [1.165, 1.54) is 11.8 Å². The molecule has 0 bridgehead atoms. The molecule has 0 atom stereocenters. The number of rotatable bonds is 3. The van der Waals surface area contributed by atoms with Gasteiger partial charge in [0.2, 0.25) is 0 Å². The van der Waals surface area contributed by atoms with Crippen molar-refractivity contribution >= 4 is 16.9 Å². The molecule has 1 aliphatic rings. The Bertz CT molecular complexity index is 1040. The smallest absolute Gasteiger partial charge is 0.325 e. The lowest BCUT2D eigenvalue weighted by atomic mass is 10.1. The topological polar surface area (TPSA) is 87.4 Å². The molecule has 7 heteroatoms. The van der Waals surface area contributed by atoms with E-state index in [1.54, 1.807) is 12.1 Å². The van der Waals surface area contributed by atoms with Gasteiger partial charge in [-0.15, -0.1) is 0 Å². The number of likely N-dealkylation sites (N-methyl/N-ethyl adjacent to an activating group) is 1. The zero-order valence-corrected chi connectivity index (χ0v) is 15.3. The number of aromatic amines is 1. The number of pyridine rings is 1. The van der Waals surface area contributed by atoms with Gasteiger partial charge in [-0.1, -0.05) is 6.07 Å². The standard InChI is InChI=1S/C20H23N5O2/c1-23-7-9-24(10-8-23)13-14-4-5-17-15(11-14)12-18(22-17)16-3-2-6-25(19(16)26)20(21)27/h2-6,11-12,22H,7-10,13H2,1H3,(H2,21,27). The molecule has 140 valence electrons. The Labute approximate surface area is 157 Å². The monoisotopic (exact) mass is 365 g/mol. The van der Waals surface area contributed by atoms with E-state index in [-0.39, 0.29) is 0 Å². The highest BCUT2D eigenvalue weighted by atomic mass is 16.2. The minimum absolute atomic E-state index is 0.422. The summed E-state index contributed by atoms with van der Waals surface area (Å²) in [4.78, 5) is 31.9. The number of hydrogen-bond acceptors (Lipinski definition) is 4. The Morgan fingerprint density at radius 3 is 2.67 bits per heavy atom. The number of carbonyl (C=O) groups is 1. The number of nitrogens with zero attached hydrogens (tertiary/aromatic N) is 3. The Kier molecular flexibility index (Phi) is 4.55. The van der Waals surface area contributed by atoms with E-state index in [4.69, 9.17) is 5.73 Å². The van der Waals surface area contributed by atoms with Crippen LogP contribution in [0.5, 0.6) is 0 Å². The highest BCUT2D eigenvalue weighted by molar-refractivity contribution is 5.86. The Morgan fingerprint density at radius 2 is 1.93 bits per heavy atom. The molecular weight excluding hydrogens is 342 g/mol. The summed E-state index contributed by atoms with van der Waals surface area (Å²) in [5, 5.41) is 1.05. The third-order valence-electron chi connectivity index (χ3n) is 5.16. The lowest BCUT2D eigenvalue weighted by Gasteiger charge is -2.32. The molecule has 1 fully saturated rings. The summed E-state index contributed by atoms with van der Waals surface area (Å²) in [7, 11) is 2.15. The van der Waals surface area contributed by atoms with Crippen LogP contribution in [0.1, 0.15) is 5.56 Å². The van der Waals surface area contributed by atoms with E-state index in [9.17, 15) is 9.59 Å². The number of primary amides is 1. The first-order chi connectivity index (χ1) is 13.0. The maximum Gasteiger partial charge on any atom is 0.325 e. The molecule has 1 aliphatic heterocycles. The van der Waals surface area contributed by atoms with Crippen molar-refractivity contribution in [3.05, 3.63) is 58.5 Å².